The number of aromatic nitrogens is 1. The van der Waals surface area contributed by atoms with Crippen molar-refractivity contribution in [1.82, 2.24) is 5.16 Å². The summed E-state index contributed by atoms with van der Waals surface area (Å²) in [6.07, 6.45) is 1.16. The van der Waals surface area contributed by atoms with Crippen LogP contribution >= 0.6 is 11.6 Å². The van der Waals surface area contributed by atoms with E-state index in [9.17, 15) is 4.79 Å². The summed E-state index contributed by atoms with van der Waals surface area (Å²) in [5.74, 6) is 0.678. The number of hydrogen-bond acceptors (Lipinski definition) is 3. The summed E-state index contributed by atoms with van der Waals surface area (Å²) in [5.41, 5.74) is 2.44. The lowest BCUT2D eigenvalue weighted by Crippen LogP contribution is -1.90. The van der Waals surface area contributed by atoms with Crippen LogP contribution in [0.25, 0.3) is 11.3 Å². The molecule has 2 rings (SSSR count). The van der Waals surface area contributed by atoms with Gasteiger partial charge in [-0.2, -0.15) is 0 Å². The Morgan fingerprint density at radius 3 is 2.69 bits per heavy atom. The second-order valence-corrected chi connectivity index (χ2v) is 3.88. The minimum Gasteiger partial charge on any atom is -0.361 e. The number of aryl methyl sites for hydroxylation is 1. The van der Waals surface area contributed by atoms with Crippen LogP contribution in [0, 0.1) is 6.92 Å². The van der Waals surface area contributed by atoms with Crippen LogP contribution in [0.15, 0.2) is 28.8 Å². The molecule has 4 heteroatoms. The first-order chi connectivity index (χ1) is 7.72. The van der Waals surface area contributed by atoms with Crippen molar-refractivity contribution in [3.8, 4) is 11.3 Å². The average molecular weight is 236 g/mol. The molecule has 0 aliphatic carbocycles. The first kappa shape index (κ1) is 10.9. The highest BCUT2D eigenvalue weighted by Gasteiger charge is 2.13. The number of halogens is 1. The lowest BCUT2D eigenvalue weighted by molar-refractivity contribution is -0.107. The molecule has 0 unspecified atom stereocenters. The molecule has 0 N–H and O–H groups in total. The molecule has 16 heavy (non-hydrogen) atoms. The van der Waals surface area contributed by atoms with E-state index in [1.165, 1.54) is 0 Å². The highest BCUT2D eigenvalue weighted by molar-refractivity contribution is 6.30. The van der Waals surface area contributed by atoms with Crippen LogP contribution in [0.2, 0.25) is 5.02 Å². The van der Waals surface area contributed by atoms with Gasteiger partial charge >= 0.3 is 0 Å². The van der Waals surface area contributed by atoms with Crippen molar-refractivity contribution in [2.75, 3.05) is 0 Å². The van der Waals surface area contributed by atoms with Crippen LogP contribution < -0.4 is 0 Å². The van der Waals surface area contributed by atoms with Gasteiger partial charge in [-0.05, 0) is 19.1 Å². The highest BCUT2D eigenvalue weighted by atomic mass is 35.5. The minimum atomic E-state index is 0.313. The molecule has 0 spiro atoms. The molecule has 2 aromatic rings. The van der Waals surface area contributed by atoms with Crippen molar-refractivity contribution in [3.63, 3.8) is 0 Å². The molecule has 82 valence electrons. The predicted octanol–water partition coefficient (Wildman–Crippen LogP) is 3.04. The second-order valence-electron chi connectivity index (χ2n) is 3.44. The second kappa shape index (κ2) is 4.49. The van der Waals surface area contributed by atoms with Gasteiger partial charge in [-0.1, -0.05) is 28.9 Å². The van der Waals surface area contributed by atoms with E-state index in [4.69, 9.17) is 16.1 Å². The van der Waals surface area contributed by atoms with E-state index in [1.54, 1.807) is 19.1 Å². The van der Waals surface area contributed by atoms with Gasteiger partial charge in [-0.25, -0.2) is 0 Å². The average Bonchev–Trinajstić information content (AvgIpc) is 2.63. The van der Waals surface area contributed by atoms with Gasteiger partial charge in [0.15, 0.2) is 0 Å². The maximum absolute atomic E-state index is 10.6. The zero-order chi connectivity index (χ0) is 11.5. The van der Waals surface area contributed by atoms with E-state index in [2.05, 4.69) is 5.16 Å². The molecule has 1 aromatic heterocycles. The Morgan fingerprint density at radius 1 is 1.38 bits per heavy atom. The lowest BCUT2D eigenvalue weighted by Gasteiger charge is -1.99. The summed E-state index contributed by atoms with van der Waals surface area (Å²) in [6.45, 7) is 1.80. The van der Waals surface area contributed by atoms with Crippen molar-refractivity contribution in [3.05, 3.63) is 40.6 Å². The summed E-state index contributed by atoms with van der Waals surface area (Å²) in [6, 6.07) is 7.28. The van der Waals surface area contributed by atoms with Gasteiger partial charge in [-0.15, -0.1) is 0 Å². The SMILES string of the molecule is Cc1onc(-c2ccc(Cl)cc2)c1CC=O. The monoisotopic (exact) mass is 235 g/mol. The molecule has 0 amide bonds. The molecule has 0 bridgehead atoms. The molecule has 0 radical (unpaired) electrons. The topological polar surface area (TPSA) is 43.1 Å². The summed E-state index contributed by atoms with van der Waals surface area (Å²) in [5, 5.41) is 4.62. The highest BCUT2D eigenvalue weighted by Crippen LogP contribution is 2.26. The molecule has 0 saturated carbocycles. The molecule has 0 aliphatic heterocycles. The molecule has 3 nitrogen and oxygen atoms in total. The smallest absolute Gasteiger partial charge is 0.137 e. The van der Waals surface area contributed by atoms with Gasteiger partial charge < -0.3 is 9.32 Å². The number of carbonyl (C=O) groups excluding carboxylic acids is 1. The zero-order valence-electron chi connectivity index (χ0n) is 8.74. The van der Waals surface area contributed by atoms with E-state index in [0.29, 0.717) is 22.9 Å². The van der Waals surface area contributed by atoms with Crippen LogP contribution in [0.3, 0.4) is 0 Å². The summed E-state index contributed by atoms with van der Waals surface area (Å²) in [4.78, 5) is 10.6. The molecule has 0 atom stereocenters. The third-order valence-corrected chi connectivity index (χ3v) is 2.64. The maximum Gasteiger partial charge on any atom is 0.137 e. The number of carbonyl (C=O) groups is 1. The molecule has 1 aromatic carbocycles. The van der Waals surface area contributed by atoms with E-state index >= 15 is 0 Å². The molecule has 1 heterocycles. The molecule has 0 saturated heterocycles. The standard InChI is InChI=1S/C12H10ClNO2/c1-8-11(6-7-15)12(14-16-8)9-2-4-10(13)5-3-9/h2-5,7H,6H2,1H3. The quantitative estimate of drug-likeness (QED) is 0.768. The zero-order valence-corrected chi connectivity index (χ0v) is 9.49. The fourth-order valence-electron chi connectivity index (χ4n) is 1.55. The Labute approximate surface area is 98.0 Å². The molecular weight excluding hydrogens is 226 g/mol. The molecule has 0 fully saturated rings. The van der Waals surface area contributed by atoms with Crippen LogP contribution in [-0.4, -0.2) is 11.4 Å². The summed E-state index contributed by atoms with van der Waals surface area (Å²) < 4.78 is 5.09. The maximum atomic E-state index is 10.6. The van der Waals surface area contributed by atoms with Crippen molar-refractivity contribution >= 4 is 17.9 Å². The van der Waals surface area contributed by atoms with Gasteiger partial charge in [0.1, 0.15) is 17.7 Å². The number of aldehydes is 1. The van der Waals surface area contributed by atoms with E-state index < -0.39 is 0 Å². The third kappa shape index (κ3) is 1.99. The largest absolute Gasteiger partial charge is 0.361 e. The van der Waals surface area contributed by atoms with Crippen molar-refractivity contribution in [2.45, 2.75) is 13.3 Å². The molecular formula is C12H10ClNO2. The molecule has 0 aliphatic rings. The van der Waals surface area contributed by atoms with Crippen molar-refractivity contribution in [1.29, 1.82) is 0 Å². The van der Waals surface area contributed by atoms with Crippen LogP contribution in [0.5, 0.6) is 0 Å². The van der Waals surface area contributed by atoms with E-state index in [-0.39, 0.29) is 0 Å². The lowest BCUT2D eigenvalue weighted by atomic mass is 10.0. The first-order valence-corrected chi connectivity index (χ1v) is 5.25. The van der Waals surface area contributed by atoms with Gasteiger partial charge in [0.2, 0.25) is 0 Å². The summed E-state index contributed by atoms with van der Waals surface area (Å²) in [7, 11) is 0. The number of rotatable bonds is 3. The fraction of sp³-hybridized carbons (Fsp3) is 0.167. The van der Waals surface area contributed by atoms with Gasteiger partial charge in [-0.3, -0.25) is 0 Å². The Bertz CT molecular complexity index is 502. The number of hydrogen-bond donors (Lipinski definition) is 0. The van der Waals surface area contributed by atoms with Crippen LogP contribution in [0.4, 0.5) is 0 Å². The predicted molar refractivity (Wildman–Crippen MR) is 61.5 cm³/mol. The number of nitrogens with zero attached hydrogens (tertiary/aromatic N) is 1. The minimum absolute atomic E-state index is 0.313. The van der Waals surface area contributed by atoms with Gasteiger partial charge in [0.05, 0.1) is 0 Å². The normalized spacial score (nSPS) is 10.4. The van der Waals surface area contributed by atoms with Crippen LogP contribution in [-0.2, 0) is 11.2 Å². The van der Waals surface area contributed by atoms with Gasteiger partial charge in [0.25, 0.3) is 0 Å². The fourth-order valence-corrected chi connectivity index (χ4v) is 1.68. The van der Waals surface area contributed by atoms with Gasteiger partial charge in [0, 0.05) is 22.6 Å². The Hall–Kier alpha value is -1.61. The number of benzene rings is 1. The Morgan fingerprint density at radius 2 is 2.06 bits per heavy atom. The van der Waals surface area contributed by atoms with Crippen molar-refractivity contribution < 1.29 is 9.32 Å². The van der Waals surface area contributed by atoms with E-state index in [0.717, 1.165) is 17.4 Å². The first-order valence-electron chi connectivity index (χ1n) is 4.87. The van der Waals surface area contributed by atoms with Crippen molar-refractivity contribution in [2.24, 2.45) is 0 Å². The van der Waals surface area contributed by atoms with E-state index in [1.807, 2.05) is 12.1 Å². The Balaban J connectivity index is 2.47. The third-order valence-electron chi connectivity index (χ3n) is 2.39. The summed E-state index contributed by atoms with van der Waals surface area (Å²) >= 11 is 5.81. The van der Waals surface area contributed by atoms with Crippen LogP contribution in [0.1, 0.15) is 11.3 Å². The Kier molecular flexibility index (Phi) is 3.06.